The monoisotopic (exact) mass is 442 g/mol. The van der Waals surface area contributed by atoms with Gasteiger partial charge in [-0.25, -0.2) is 8.42 Å². The molecule has 0 aliphatic carbocycles. The van der Waals surface area contributed by atoms with Crippen molar-refractivity contribution in [3.8, 4) is 17.1 Å². The summed E-state index contributed by atoms with van der Waals surface area (Å²) in [4.78, 5) is 12.5. The molecule has 1 heterocycles. The molecule has 1 aromatic heterocycles. The van der Waals surface area contributed by atoms with Crippen molar-refractivity contribution in [2.75, 3.05) is 18.2 Å². The zero-order chi connectivity index (χ0) is 22.8. The lowest BCUT2D eigenvalue weighted by Crippen LogP contribution is -2.19. The molecule has 0 spiro atoms. The maximum absolute atomic E-state index is 13.0. The Morgan fingerprint density at radius 1 is 1.06 bits per heavy atom. The molecule has 0 atom stereocenters. The fourth-order valence-corrected chi connectivity index (χ4v) is 4.93. The van der Waals surface area contributed by atoms with Gasteiger partial charge >= 0.3 is 0 Å². The molecule has 0 aliphatic rings. The summed E-state index contributed by atoms with van der Waals surface area (Å²) >= 11 is 0. The van der Waals surface area contributed by atoms with E-state index >= 15 is 0 Å². The highest BCUT2D eigenvalue weighted by Crippen LogP contribution is 2.31. The molecule has 0 radical (unpaired) electrons. The van der Waals surface area contributed by atoms with E-state index in [9.17, 15) is 13.2 Å². The minimum atomic E-state index is -3.79. The van der Waals surface area contributed by atoms with Gasteiger partial charge < -0.3 is 14.6 Å². The number of benzene rings is 2. The Kier molecular flexibility index (Phi) is 6.50. The first kappa shape index (κ1) is 22.6. The highest BCUT2D eigenvalue weighted by atomic mass is 32.2. The Labute approximate surface area is 182 Å². The number of methoxy groups -OCH3 is 1. The second-order valence-electron chi connectivity index (χ2n) is 7.59. The first-order valence-electron chi connectivity index (χ1n) is 9.83. The largest absolute Gasteiger partial charge is 0.495 e. The summed E-state index contributed by atoms with van der Waals surface area (Å²) in [6, 6.07) is 10.4. The van der Waals surface area contributed by atoms with Gasteiger partial charge in [0.15, 0.2) is 15.6 Å². The van der Waals surface area contributed by atoms with Crippen LogP contribution in [-0.2, 0) is 14.6 Å². The molecule has 1 N–H and O–H groups in total. The first-order valence-corrected chi connectivity index (χ1v) is 11.5. The summed E-state index contributed by atoms with van der Waals surface area (Å²) < 4.78 is 36.5. The van der Waals surface area contributed by atoms with Crippen LogP contribution in [0.1, 0.15) is 28.8 Å². The van der Waals surface area contributed by atoms with Gasteiger partial charge in [-0.3, -0.25) is 4.79 Å². The summed E-state index contributed by atoms with van der Waals surface area (Å²) in [5.74, 6) is -0.0391. The van der Waals surface area contributed by atoms with Crippen LogP contribution < -0.4 is 10.1 Å². The standard InChI is InChI=1S/C23H26N2O5S/c1-14-10-15(2)23(16(3)11-14)24-22(26)8-9-31(27,28)21-13-18(6-7-19(21)29-5)20-12-17(4)25-30-20/h6-7,10-13H,8-9H2,1-5H3,(H,24,26). The smallest absolute Gasteiger partial charge is 0.225 e. The summed E-state index contributed by atoms with van der Waals surface area (Å²) in [5.41, 5.74) is 4.94. The van der Waals surface area contributed by atoms with E-state index in [0.29, 0.717) is 22.7 Å². The second kappa shape index (κ2) is 8.93. The fourth-order valence-electron chi connectivity index (χ4n) is 3.49. The molecule has 7 nitrogen and oxygen atoms in total. The lowest BCUT2D eigenvalue weighted by atomic mass is 10.1. The van der Waals surface area contributed by atoms with E-state index in [-0.39, 0.29) is 28.7 Å². The maximum atomic E-state index is 13.0. The number of amides is 1. The molecular weight excluding hydrogens is 416 g/mol. The number of carbonyl (C=O) groups is 1. The molecule has 3 rings (SSSR count). The number of carbonyl (C=O) groups excluding carboxylic acids is 1. The summed E-state index contributed by atoms with van der Waals surface area (Å²) in [7, 11) is -2.38. The van der Waals surface area contributed by atoms with Gasteiger partial charge in [0.25, 0.3) is 0 Å². The minimum absolute atomic E-state index is 0.0112. The highest BCUT2D eigenvalue weighted by molar-refractivity contribution is 7.91. The van der Waals surface area contributed by atoms with E-state index < -0.39 is 9.84 Å². The van der Waals surface area contributed by atoms with Crippen LogP contribution in [0.5, 0.6) is 5.75 Å². The van der Waals surface area contributed by atoms with Crippen molar-refractivity contribution in [3.63, 3.8) is 0 Å². The highest BCUT2D eigenvalue weighted by Gasteiger charge is 2.23. The number of anilines is 1. The third kappa shape index (κ3) is 5.14. The molecule has 8 heteroatoms. The number of nitrogens with zero attached hydrogens (tertiary/aromatic N) is 1. The number of aryl methyl sites for hydroxylation is 4. The van der Waals surface area contributed by atoms with Crippen molar-refractivity contribution in [1.82, 2.24) is 5.16 Å². The summed E-state index contributed by atoms with van der Waals surface area (Å²) in [6.07, 6.45) is -0.177. The number of hydrogen-bond acceptors (Lipinski definition) is 6. The van der Waals surface area contributed by atoms with Crippen LogP contribution in [0.15, 0.2) is 45.8 Å². The van der Waals surface area contributed by atoms with Crippen LogP contribution in [0.4, 0.5) is 5.69 Å². The Balaban J connectivity index is 1.80. The number of aromatic nitrogens is 1. The molecule has 2 aromatic carbocycles. The molecular formula is C23H26N2O5S. The van der Waals surface area contributed by atoms with E-state index in [0.717, 1.165) is 16.7 Å². The lowest BCUT2D eigenvalue weighted by molar-refractivity contribution is -0.115. The number of ether oxygens (including phenoxy) is 1. The predicted molar refractivity (Wildman–Crippen MR) is 119 cm³/mol. The molecule has 0 saturated heterocycles. The van der Waals surface area contributed by atoms with Crippen molar-refractivity contribution in [2.24, 2.45) is 0 Å². The van der Waals surface area contributed by atoms with Gasteiger partial charge in [-0.2, -0.15) is 0 Å². The van der Waals surface area contributed by atoms with Gasteiger partial charge in [0, 0.05) is 23.7 Å². The minimum Gasteiger partial charge on any atom is -0.495 e. The Hall–Kier alpha value is -3.13. The molecule has 0 unspecified atom stereocenters. The van der Waals surface area contributed by atoms with Gasteiger partial charge in [-0.15, -0.1) is 0 Å². The average molecular weight is 443 g/mol. The van der Waals surface area contributed by atoms with Crippen molar-refractivity contribution < 1.29 is 22.5 Å². The van der Waals surface area contributed by atoms with Crippen molar-refractivity contribution in [2.45, 2.75) is 39.0 Å². The van der Waals surface area contributed by atoms with Crippen LogP contribution in [-0.4, -0.2) is 32.3 Å². The molecule has 31 heavy (non-hydrogen) atoms. The normalized spacial score (nSPS) is 11.4. The number of hydrogen-bond donors (Lipinski definition) is 1. The SMILES string of the molecule is COc1ccc(-c2cc(C)no2)cc1S(=O)(=O)CCC(=O)Nc1c(C)cc(C)cc1C. The van der Waals surface area contributed by atoms with Gasteiger partial charge in [0.05, 0.1) is 18.6 Å². The molecule has 0 bridgehead atoms. The lowest BCUT2D eigenvalue weighted by Gasteiger charge is -2.14. The zero-order valence-electron chi connectivity index (χ0n) is 18.3. The number of rotatable bonds is 7. The van der Waals surface area contributed by atoms with Crippen molar-refractivity contribution >= 4 is 21.4 Å². The average Bonchev–Trinajstić information content (AvgIpc) is 3.15. The Bertz CT molecular complexity index is 1210. The van der Waals surface area contributed by atoms with Gasteiger partial charge in [-0.05, 0) is 57.0 Å². The van der Waals surface area contributed by atoms with Gasteiger partial charge in [0.1, 0.15) is 10.6 Å². The van der Waals surface area contributed by atoms with E-state index in [4.69, 9.17) is 9.26 Å². The van der Waals surface area contributed by atoms with E-state index in [1.54, 1.807) is 25.1 Å². The zero-order valence-corrected chi connectivity index (χ0v) is 19.1. The number of sulfone groups is 1. The van der Waals surface area contributed by atoms with Gasteiger partial charge in [0.2, 0.25) is 5.91 Å². The summed E-state index contributed by atoms with van der Waals surface area (Å²) in [5, 5.41) is 6.68. The van der Waals surface area contributed by atoms with Gasteiger partial charge in [-0.1, -0.05) is 22.9 Å². The molecule has 0 saturated carbocycles. The predicted octanol–water partition coefficient (Wildman–Crippen LogP) is 4.39. The maximum Gasteiger partial charge on any atom is 0.225 e. The third-order valence-corrected chi connectivity index (χ3v) is 6.68. The molecule has 164 valence electrons. The van der Waals surface area contributed by atoms with Crippen molar-refractivity contribution in [3.05, 3.63) is 58.8 Å². The molecule has 1 amide bonds. The Morgan fingerprint density at radius 3 is 2.32 bits per heavy atom. The third-order valence-electron chi connectivity index (χ3n) is 4.95. The Morgan fingerprint density at radius 2 is 1.74 bits per heavy atom. The van der Waals surface area contributed by atoms with E-state index in [1.807, 2.05) is 32.9 Å². The van der Waals surface area contributed by atoms with Crippen LogP contribution >= 0.6 is 0 Å². The van der Waals surface area contributed by atoms with Crippen molar-refractivity contribution in [1.29, 1.82) is 0 Å². The van der Waals surface area contributed by atoms with E-state index in [2.05, 4.69) is 10.5 Å². The molecule has 3 aromatic rings. The first-order chi connectivity index (χ1) is 14.6. The van der Waals surface area contributed by atoms with Crippen LogP contribution in [0.3, 0.4) is 0 Å². The van der Waals surface area contributed by atoms with Crippen LogP contribution in [0.25, 0.3) is 11.3 Å². The topological polar surface area (TPSA) is 98.5 Å². The number of nitrogens with one attached hydrogen (secondary N) is 1. The quantitative estimate of drug-likeness (QED) is 0.583. The van der Waals surface area contributed by atoms with E-state index in [1.165, 1.54) is 13.2 Å². The second-order valence-corrected chi connectivity index (χ2v) is 9.67. The molecule has 0 fully saturated rings. The molecule has 0 aliphatic heterocycles. The fraction of sp³-hybridized carbons (Fsp3) is 0.304. The summed E-state index contributed by atoms with van der Waals surface area (Å²) in [6.45, 7) is 7.59. The van der Waals surface area contributed by atoms with Crippen LogP contribution in [0, 0.1) is 27.7 Å². The van der Waals surface area contributed by atoms with Crippen LogP contribution in [0.2, 0.25) is 0 Å².